The molecule has 0 aliphatic carbocycles. The second kappa shape index (κ2) is 8.27. The fraction of sp³-hybridized carbons (Fsp3) is 0.188. The Morgan fingerprint density at radius 1 is 1.15 bits per heavy atom. The third-order valence-corrected chi connectivity index (χ3v) is 5.78. The lowest BCUT2D eigenvalue weighted by Crippen LogP contribution is -2.17. The molecule has 0 N–H and O–H groups in total. The lowest BCUT2D eigenvalue weighted by atomic mass is 10.3. The van der Waals surface area contributed by atoms with Crippen molar-refractivity contribution in [1.29, 1.82) is 0 Å². The predicted molar refractivity (Wildman–Crippen MR) is 96.1 cm³/mol. The molecule has 0 heterocycles. The highest BCUT2D eigenvalue weighted by Crippen LogP contribution is 2.26. The molecule has 0 aliphatic rings. The molecule has 9 nitrogen and oxygen atoms in total. The topological polar surface area (TPSA) is 130 Å². The van der Waals surface area contributed by atoms with Gasteiger partial charge in [0.2, 0.25) is 0 Å². The van der Waals surface area contributed by atoms with E-state index in [-0.39, 0.29) is 15.5 Å². The fourth-order valence-corrected chi connectivity index (χ4v) is 3.71. The Bertz CT molecular complexity index is 1000. The van der Waals surface area contributed by atoms with Gasteiger partial charge in [-0.3, -0.25) is 19.1 Å². The van der Waals surface area contributed by atoms with Crippen LogP contribution in [-0.4, -0.2) is 42.6 Å². The largest absolute Gasteiger partial charge is 0.497 e. The van der Waals surface area contributed by atoms with Crippen LogP contribution in [-0.2, 0) is 25.4 Å². The molecule has 27 heavy (non-hydrogen) atoms. The maximum absolute atomic E-state index is 12.4. The van der Waals surface area contributed by atoms with Crippen LogP contribution in [0.15, 0.2) is 52.3 Å². The van der Waals surface area contributed by atoms with E-state index >= 15 is 0 Å². The van der Waals surface area contributed by atoms with E-state index in [1.165, 1.54) is 19.2 Å². The number of ether oxygens (including phenoxy) is 2. The number of nitrogens with zero attached hydrogens (tertiary/aromatic N) is 1. The van der Waals surface area contributed by atoms with Crippen LogP contribution in [0, 0.1) is 10.1 Å². The van der Waals surface area contributed by atoms with Crippen molar-refractivity contribution in [2.24, 2.45) is 0 Å². The summed E-state index contributed by atoms with van der Waals surface area (Å²) < 4.78 is 45.4. The van der Waals surface area contributed by atoms with E-state index in [4.69, 9.17) is 9.47 Å². The summed E-state index contributed by atoms with van der Waals surface area (Å²) in [6.45, 7) is 0. The summed E-state index contributed by atoms with van der Waals surface area (Å²) in [7, 11) is -4.29. The summed E-state index contributed by atoms with van der Waals surface area (Å²) >= 11 is 0. The molecule has 0 saturated carbocycles. The van der Waals surface area contributed by atoms with Gasteiger partial charge in [-0.15, -0.1) is 0 Å². The maximum Gasteiger partial charge on any atom is 0.324 e. The quantitative estimate of drug-likeness (QED) is 0.290. The third kappa shape index (κ3) is 5.34. The van der Waals surface area contributed by atoms with E-state index in [9.17, 15) is 27.5 Å². The van der Waals surface area contributed by atoms with Gasteiger partial charge in [0.1, 0.15) is 22.1 Å². The van der Waals surface area contributed by atoms with E-state index in [1.807, 2.05) is 0 Å². The molecule has 1 unspecified atom stereocenters. The number of esters is 1. The lowest BCUT2D eigenvalue weighted by Gasteiger charge is -2.07. The van der Waals surface area contributed by atoms with Gasteiger partial charge in [0.15, 0.2) is 9.84 Å². The van der Waals surface area contributed by atoms with E-state index in [1.54, 1.807) is 12.1 Å². The number of nitro groups is 1. The normalized spacial score (nSPS) is 12.2. The zero-order chi connectivity index (χ0) is 20.2. The van der Waals surface area contributed by atoms with Gasteiger partial charge in [-0.2, -0.15) is 0 Å². The van der Waals surface area contributed by atoms with Crippen LogP contribution < -0.4 is 9.47 Å². The first-order chi connectivity index (χ1) is 12.6. The van der Waals surface area contributed by atoms with E-state index < -0.39 is 43.0 Å². The van der Waals surface area contributed by atoms with E-state index in [2.05, 4.69) is 0 Å². The Hall–Kier alpha value is -2.79. The molecule has 0 aliphatic heterocycles. The van der Waals surface area contributed by atoms with Crippen LogP contribution in [0.5, 0.6) is 11.5 Å². The third-order valence-electron chi connectivity index (χ3n) is 3.34. The van der Waals surface area contributed by atoms with Crippen LogP contribution in [0.1, 0.15) is 0 Å². The van der Waals surface area contributed by atoms with Crippen molar-refractivity contribution in [3.63, 3.8) is 0 Å². The standard InChI is InChI=1S/C16H15NO8S2/c1-24-11-3-5-12(6-4-11)25-16(18)10-26(21)15-8-7-13(27(2,22)23)9-14(15)17(19)20/h3-9H,10H2,1-2H3. The highest BCUT2D eigenvalue weighted by atomic mass is 32.2. The minimum atomic E-state index is -3.68. The number of methoxy groups -OCH3 is 1. The Balaban J connectivity index is 2.19. The highest BCUT2D eigenvalue weighted by molar-refractivity contribution is 7.90. The predicted octanol–water partition coefficient (Wildman–Crippen LogP) is 1.72. The number of sulfone groups is 1. The average Bonchev–Trinajstić information content (AvgIpc) is 2.60. The maximum atomic E-state index is 12.4. The van der Waals surface area contributed by atoms with Crippen molar-refractivity contribution in [1.82, 2.24) is 0 Å². The van der Waals surface area contributed by atoms with Gasteiger partial charge >= 0.3 is 5.97 Å². The SMILES string of the molecule is COc1ccc(OC(=O)CS(=O)c2ccc(S(C)(=O)=O)cc2[N+](=O)[O-])cc1. The number of rotatable bonds is 7. The molecule has 0 bridgehead atoms. The monoisotopic (exact) mass is 413 g/mol. The molecular formula is C16H15NO8S2. The molecule has 0 spiro atoms. The summed E-state index contributed by atoms with van der Waals surface area (Å²) in [5, 5.41) is 11.2. The van der Waals surface area contributed by atoms with Gasteiger partial charge in [0.05, 0.1) is 27.7 Å². The lowest BCUT2D eigenvalue weighted by molar-refractivity contribution is -0.388. The van der Waals surface area contributed by atoms with Crippen molar-refractivity contribution in [3.8, 4) is 11.5 Å². The summed E-state index contributed by atoms with van der Waals surface area (Å²) in [4.78, 5) is 21.7. The van der Waals surface area contributed by atoms with Crippen LogP contribution in [0.2, 0.25) is 0 Å². The molecule has 0 radical (unpaired) electrons. The van der Waals surface area contributed by atoms with Gasteiger partial charge < -0.3 is 9.47 Å². The second-order valence-corrected chi connectivity index (χ2v) is 8.73. The first-order valence-corrected chi connectivity index (χ1v) is 10.5. The Kier molecular flexibility index (Phi) is 6.28. The summed E-state index contributed by atoms with van der Waals surface area (Å²) in [6, 6.07) is 9.06. The van der Waals surface area contributed by atoms with Crippen molar-refractivity contribution in [3.05, 3.63) is 52.6 Å². The summed E-state index contributed by atoms with van der Waals surface area (Å²) in [6.07, 6.45) is 0.898. The minimum absolute atomic E-state index is 0.194. The minimum Gasteiger partial charge on any atom is -0.497 e. The molecule has 2 aromatic carbocycles. The van der Waals surface area contributed by atoms with Gasteiger partial charge in [0, 0.05) is 12.3 Å². The molecule has 144 valence electrons. The number of hydrogen-bond donors (Lipinski definition) is 0. The Morgan fingerprint density at radius 3 is 2.26 bits per heavy atom. The first-order valence-electron chi connectivity index (χ1n) is 7.33. The molecule has 0 aromatic heterocycles. The fourth-order valence-electron chi connectivity index (χ4n) is 2.05. The van der Waals surface area contributed by atoms with E-state index in [0.29, 0.717) is 5.75 Å². The zero-order valence-corrected chi connectivity index (χ0v) is 15.9. The van der Waals surface area contributed by atoms with Crippen LogP contribution >= 0.6 is 0 Å². The zero-order valence-electron chi connectivity index (χ0n) is 14.3. The molecule has 1 atom stereocenters. The molecule has 0 amide bonds. The second-order valence-electron chi connectivity index (χ2n) is 5.30. The number of carbonyl (C=O) groups excluding carboxylic acids is 1. The van der Waals surface area contributed by atoms with Gasteiger partial charge in [-0.25, -0.2) is 8.42 Å². The van der Waals surface area contributed by atoms with Gasteiger partial charge in [-0.1, -0.05) is 0 Å². The number of carbonyl (C=O) groups is 1. The van der Waals surface area contributed by atoms with Crippen molar-refractivity contribution in [2.45, 2.75) is 9.79 Å². The molecule has 2 aromatic rings. The molecule has 0 fully saturated rings. The molecular weight excluding hydrogens is 398 g/mol. The number of benzene rings is 2. The van der Waals surface area contributed by atoms with Crippen LogP contribution in [0.4, 0.5) is 5.69 Å². The Labute approximate surface area is 157 Å². The number of hydrogen-bond acceptors (Lipinski definition) is 8. The molecule has 0 saturated heterocycles. The average molecular weight is 413 g/mol. The molecule has 11 heteroatoms. The summed E-state index contributed by atoms with van der Waals surface area (Å²) in [5.41, 5.74) is -0.645. The van der Waals surface area contributed by atoms with Crippen LogP contribution in [0.25, 0.3) is 0 Å². The van der Waals surface area contributed by atoms with Gasteiger partial charge in [0.25, 0.3) is 5.69 Å². The van der Waals surface area contributed by atoms with Crippen molar-refractivity contribution < 1.29 is 31.8 Å². The summed E-state index contributed by atoms with van der Waals surface area (Å²) in [5.74, 6) is -0.745. The van der Waals surface area contributed by atoms with Crippen molar-refractivity contribution >= 4 is 32.3 Å². The first kappa shape index (κ1) is 20.5. The van der Waals surface area contributed by atoms with E-state index in [0.717, 1.165) is 24.5 Å². The van der Waals surface area contributed by atoms with Crippen molar-refractivity contribution in [2.75, 3.05) is 19.1 Å². The highest BCUT2D eigenvalue weighted by Gasteiger charge is 2.24. The smallest absolute Gasteiger partial charge is 0.324 e. The van der Waals surface area contributed by atoms with Crippen LogP contribution in [0.3, 0.4) is 0 Å². The number of nitro benzene ring substituents is 1. The van der Waals surface area contributed by atoms with Gasteiger partial charge in [-0.05, 0) is 36.4 Å². The molecule has 2 rings (SSSR count). The Morgan fingerprint density at radius 2 is 1.74 bits per heavy atom.